The molecule has 9 heteroatoms. The van der Waals surface area contributed by atoms with Crippen LogP contribution in [0.2, 0.25) is 5.02 Å². The van der Waals surface area contributed by atoms with E-state index in [1.54, 1.807) is 0 Å². The highest BCUT2D eigenvalue weighted by molar-refractivity contribution is 6.34. The van der Waals surface area contributed by atoms with E-state index in [1.807, 2.05) is 13.0 Å². The normalized spacial score (nSPS) is 13.7. The van der Waals surface area contributed by atoms with Gasteiger partial charge in [-0.15, -0.1) is 0 Å². The lowest BCUT2D eigenvalue weighted by molar-refractivity contribution is -0.384. The van der Waals surface area contributed by atoms with Gasteiger partial charge in [0.05, 0.1) is 22.1 Å². The summed E-state index contributed by atoms with van der Waals surface area (Å²) in [7, 11) is 0. The molecule has 1 aromatic heterocycles. The Hall–Kier alpha value is -2.74. The maximum absolute atomic E-state index is 12.3. The first-order chi connectivity index (χ1) is 12.4. The number of non-ortho nitro benzene ring substituents is 1. The fourth-order valence-corrected chi connectivity index (χ4v) is 3.12. The van der Waals surface area contributed by atoms with E-state index in [1.165, 1.54) is 12.1 Å². The third-order valence-corrected chi connectivity index (χ3v) is 4.44. The van der Waals surface area contributed by atoms with Crippen molar-refractivity contribution in [2.24, 2.45) is 0 Å². The van der Waals surface area contributed by atoms with Gasteiger partial charge in [0.2, 0.25) is 0 Å². The van der Waals surface area contributed by atoms with Crippen LogP contribution in [0.5, 0.6) is 0 Å². The minimum atomic E-state index is -0.561. The number of carbonyl (C=O) groups excluding carboxylic acids is 1. The van der Waals surface area contributed by atoms with Gasteiger partial charge >= 0.3 is 0 Å². The summed E-state index contributed by atoms with van der Waals surface area (Å²) >= 11 is 5.98. The zero-order valence-corrected chi connectivity index (χ0v) is 15.0. The van der Waals surface area contributed by atoms with Crippen molar-refractivity contribution in [2.45, 2.75) is 26.3 Å². The highest BCUT2D eigenvalue weighted by atomic mass is 35.5. The molecule has 0 spiro atoms. The van der Waals surface area contributed by atoms with E-state index >= 15 is 0 Å². The fourth-order valence-electron chi connectivity index (χ4n) is 2.86. The van der Waals surface area contributed by atoms with Crippen LogP contribution in [0.4, 0.5) is 11.5 Å². The smallest absolute Gasteiger partial charge is 0.270 e. The summed E-state index contributed by atoms with van der Waals surface area (Å²) in [6.07, 6.45) is 2.29. The molecule has 0 atom stereocenters. The molecule has 0 radical (unpaired) electrons. The summed E-state index contributed by atoms with van der Waals surface area (Å²) in [5.74, 6) is 0.948. The number of aryl methyl sites for hydroxylation is 1. The first-order valence-electron chi connectivity index (χ1n) is 8.25. The number of aromatic nitrogens is 2. The molecule has 26 heavy (non-hydrogen) atoms. The van der Waals surface area contributed by atoms with Crippen LogP contribution in [0.15, 0.2) is 24.3 Å². The first kappa shape index (κ1) is 18.1. The Morgan fingerprint density at radius 1 is 1.31 bits per heavy atom. The summed E-state index contributed by atoms with van der Waals surface area (Å²) in [5.41, 5.74) is 0.841. The Morgan fingerprint density at radius 3 is 2.69 bits per heavy atom. The number of anilines is 1. The molecule has 0 bridgehead atoms. The van der Waals surface area contributed by atoms with Crippen LogP contribution < -0.4 is 10.2 Å². The van der Waals surface area contributed by atoms with Gasteiger partial charge in [0.25, 0.3) is 11.6 Å². The third-order valence-electron chi connectivity index (χ3n) is 4.13. The summed E-state index contributed by atoms with van der Waals surface area (Å²) < 4.78 is 0. The van der Waals surface area contributed by atoms with Gasteiger partial charge in [0, 0.05) is 37.0 Å². The zero-order chi connectivity index (χ0) is 18.7. The molecule has 1 fully saturated rings. The van der Waals surface area contributed by atoms with E-state index < -0.39 is 10.8 Å². The van der Waals surface area contributed by atoms with Crippen molar-refractivity contribution >= 4 is 29.0 Å². The number of nitrogens with one attached hydrogen (secondary N) is 1. The maximum Gasteiger partial charge on any atom is 0.270 e. The van der Waals surface area contributed by atoms with Crippen molar-refractivity contribution in [1.29, 1.82) is 0 Å². The van der Waals surface area contributed by atoms with Crippen molar-refractivity contribution in [1.82, 2.24) is 15.3 Å². The first-order valence-corrected chi connectivity index (χ1v) is 8.63. The van der Waals surface area contributed by atoms with E-state index in [9.17, 15) is 14.9 Å². The molecule has 0 unspecified atom stereocenters. The molecule has 1 aromatic carbocycles. The van der Waals surface area contributed by atoms with Crippen LogP contribution in [0.25, 0.3) is 0 Å². The quantitative estimate of drug-likeness (QED) is 0.637. The van der Waals surface area contributed by atoms with E-state index in [2.05, 4.69) is 20.2 Å². The molecule has 2 heterocycles. The number of hydrogen-bond donors (Lipinski definition) is 1. The van der Waals surface area contributed by atoms with Crippen LogP contribution in [-0.2, 0) is 6.54 Å². The van der Waals surface area contributed by atoms with Crippen LogP contribution >= 0.6 is 11.6 Å². The molecule has 3 rings (SSSR count). The lowest BCUT2D eigenvalue weighted by Gasteiger charge is -2.17. The van der Waals surface area contributed by atoms with Gasteiger partial charge in [0.15, 0.2) is 0 Å². The van der Waals surface area contributed by atoms with Gasteiger partial charge in [-0.25, -0.2) is 9.97 Å². The van der Waals surface area contributed by atoms with Crippen LogP contribution in [0.3, 0.4) is 0 Å². The Morgan fingerprint density at radius 2 is 2.04 bits per heavy atom. The maximum atomic E-state index is 12.3. The standard InChI is InChI=1S/C17H18ClN5O3/c1-11-8-16(22-6-2-3-7-22)21-15(20-11)10-19-17(24)13-5-4-12(23(25)26)9-14(13)18/h4-5,8-9H,2-3,6-7,10H2,1H3,(H,19,24). The number of amides is 1. The molecule has 136 valence electrons. The average Bonchev–Trinajstić information content (AvgIpc) is 3.13. The molecule has 0 saturated carbocycles. The monoisotopic (exact) mass is 375 g/mol. The van der Waals surface area contributed by atoms with Crippen molar-refractivity contribution in [2.75, 3.05) is 18.0 Å². The number of nitrogens with zero attached hydrogens (tertiary/aromatic N) is 4. The number of carbonyl (C=O) groups is 1. The van der Waals surface area contributed by atoms with Gasteiger partial charge in [-0.2, -0.15) is 0 Å². The summed E-state index contributed by atoms with van der Waals surface area (Å²) in [6.45, 7) is 3.98. The number of hydrogen-bond acceptors (Lipinski definition) is 6. The molecular weight excluding hydrogens is 358 g/mol. The Bertz CT molecular complexity index is 852. The van der Waals surface area contributed by atoms with E-state index in [-0.39, 0.29) is 22.8 Å². The highest BCUT2D eigenvalue weighted by Gasteiger charge is 2.17. The molecule has 1 N–H and O–H groups in total. The SMILES string of the molecule is Cc1cc(N2CCCC2)nc(CNC(=O)c2ccc([N+](=O)[O-])cc2Cl)n1. The van der Waals surface area contributed by atoms with Gasteiger partial charge in [-0.1, -0.05) is 11.6 Å². The highest BCUT2D eigenvalue weighted by Crippen LogP contribution is 2.22. The summed E-state index contributed by atoms with van der Waals surface area (Å²) in [4.78, 5) is 33.6. The minimum absolute atomic E-state index is 0.0274. The van der Waals surface area contributed by atoms with Gasteiger partial charge in [-0.3, -0.25) is 14.9 Å². The number of rotatable bonds is 5. The second kappa shape index (κ2) is 7.65. The van der Waals surface area contributed by atoms with Crippen molar-refractivity contribution in [3.63, 3.8) is 0 Å². The lowest BCUT2D eigenvalue weighted by Crippen LogP contribution is -2.26. The summed E-state index contributed by atoms with van der Waals surface area (Å²) in [5, 5.41) is 13.5. The zero-order valence-electron chi connectivity index (χ0n) is 14.2. The third kappa shape index (κ3) is 4.08. The Kier molecular flexibility index (Phi) is 5.32. The van der Waals surface area contributed by atoms with Gasteiger partial charge < -0.3 is 10.2 Å². The number of nitro benzene ring substituents is 1. The minimum Gasteiger partial charge on any atom is -0.357 e. The molecule has 0 aliphatic carbocycles. The van der Waals surface area contributed by atoms with Crippen molar-refractivity contribution in [3.05, 3.63) is 56.5 Å². The number of nitro groups is 1. The topological polar surface area (TPSA) is 101 Å². The number of halogens is 1. The van der Waals surface area contributed by atoms with E-state index in [4.69, 9.17) is 11.6 Å². The lowest BCUT2D eigenvalue weighted by atomic mass is 10.2. The van der Waals surface area contributed by atoms with Crippen LogP contribution in [0, 0.1) is 17.0 Å². The van der Waals surface area contributed by atoms with Crippen LogP contribution in [-0.4, -0.2) is 33.9 Å². The molecule has 1 aliphatic rings. The largest absolute Gasteiger partial charge is 0.357 e. The Balaban J connectivity index is 1.70. The van der Waals surface area contributed by atoms with E-state index in [0.29, 0.717) is 5.82 Å². The van der Waals surface area contributed by atoms with Gasteiger partial charge in [0.1, 0.15) is 11.6 Å². The second-order valence-electron chi connectivity index (χ2n) is 6.08. The van der Waals surface area contributed by atoms with Crippen LogP contribution in [0.1, 0.15) is 34.7 Å². The second-order valence-corrected chi connectivity index (χ2v) is 6.49. The van der Waals surface area contributed by atoms with Crippen molar-refractivity contribution in [3.8, 4) is 0 Å². The predicted molar refractivity (Wildman–Crippen MR) is 97.5 cm³/mol. The molecule has 8 nitrogen and oxygen atoms in total. The molecule has 1 aliphatic heterocycles. The fraction of sp³-hybridized carbons (Fsp3) is 0.353. The van der Waals surface area contributed by atoms with Gasteiger partial charge in [-0.05, 0) is 25.8 Å². The predicted octanol–water partition coefficient (Wildman–Crippen LogP) is 2.88. The molecular formula is C17H18ClN5O3. The average molecular weight is 376 g/mol. The molecule has 1 amide bonds. The molecule has 1 saturated heterocycles. The number of benzene rings is 1. The molecule has 2 aromatic rings. The summed E-state index contributed by atoms with van der Waals surface area (Å²) in [6, 6.07) is 5.67. The Labute approximate surface area is 155 Å². The van der Waals surface area contributed by atoms with E-state index in [0.717, 1.165) is 43.5 Å². The van der Waals surface area contributed by atoms with Crippen molar-refractivity contribution < 1.29 is 9.72 Å².